The summed E-state index contributed by atoms with van der Waals surface area (Å²) in [7, 11) is 0. The molecule has 0 N–H and O–H groups in total. The SMILES string of the molecule is C\C1=C/C=C\C=C\N=C(c2cccc(-c3cccc(N(c4ccc(-c5ccccc5)cc4)c4ccc(-c5ccccc5)cc4)c3)c2)\C2=C(\CC\C=C\C=C/2)CC1. The van der Waals surface area contributed by atoms with Crippen LogP contribution in [0.1, 0.15) is 38.2 Å². The lowest BCUT2D eigenvalue weighted by molar-refractivity contribution is 0.835. The minimum atomic E-state index is 1.01. The number of hydrogen-bond donors (Lipinski definition) is 0. The molecule has 0 amide bonds. The molecule has 6 aromatic carbocycles. The average molecular weight is 723 g/mol. The van der Waals surface area contributed by atoms with Crippen molar-refractivity contribution in [3.05, 3.63) is 235 Å². The molecule has 0 atom stereocenters. The summed E-state index contributed by atoms with van der Waals surface area (Å²) in [6.45, 7) is 2.23. The molecule has 2 aliphatic rings. The van der Waals surface area contributed by atoms with Crippen LogP contribution in [0.2, 0.25) is 0 Å². The lowest BCUT2D eigenvalue weighted by Crippen LogP contribution is -2.10. The molecule has 1 aliphatic heterocycles. The average Bonchev–Trinajstić information content (AvgIpc) is 3.24. The van der Waals surface area contributed by atoms with Gasteiger partial charge in [-0.3, -0.25) is 4.99 Å². The highest BCUT2D eigenvalue weighted by Crippen LogP contribution is 2.39. The molecule has 0 bridgehead atoms. The largest absolute Gasteiger partial charge is 0.310 e. The number of rotatable bonds is 7. The van der Waals surface area contributed by atoms with Crippen molar-refractivity contribution < 1.29 is 0 Å². The van der Waals surface area contributed by atoms with Crippen molar-refractivity contribution in [2.75, 3.05) is 4.90 Å². The summed E-state index contributed by atoms with van der Waals surface area (Å²) in [6.07, 6.45) is 23.3. The first kappa shape index (κ1) is 36.2. The van der Waals surface area contributed by atoms with E-state index in [-0.39, 0.29) is 0 Å². The third kappa shape index (κ3) is 8.62. The van der Waals surface area contributed by atoms with Gasteiger partial charge in [0.15, 0.2) is 0 Å². The number of nitrogens with zero attached hydrogens (tertiary/aromatic N) is 2. The summed E-state index contributed by atoms with van der Waals surface area (Å²) in [5, 5.41) is 0. The second-order valence-corrected chi connectivity index (χ2v) is 14.4. The Morgan fingerprint density at radius 2 is 1.04 bits per heavy atom. The highest BCUT2D eigenvalue weighted by atomic mass is 15.1. The van der Waals surface area contributed by atoms with Crippen LogP contribution >= 0.6 is 0 Å². The summed E-state index contributed by atoms with van der Waals surface area (Å²) in [6, 6.07) is 56.7. The first-order valence-electron chi connectivity index (χ1n) is 19.6. The maximum absolute atomic E-state index is 5.14. The molecule has 2 heteroatoms. The van der Waals surface area contributed by atoms with E-state index in [1.807, 2.05) is 12.3 Å². The van der Waals surface area contributed by atoms with E-state index in [9.17, 15) is 0 Å². The number of anilines is 3. The second-order valence-electron chi connectivity index (χ2n) is 14.4. The Bertz CT molecular complexity index is 2410. The Kier molecular flexibility index (Phi) is 11.4. The van der Waals surface area contributed by atoms with Gasteiger partial charge >= 0.3 is 0 Å². The van der Waals surface area contributed by atoms with E-state index in [0.29, 0.717) is 0 Å². The topological polar surface area (TPSA) is 15.6 Å². The Morgan fingerprint density at radius 1 is 0.446 bits per heavy atom. The zero-order valence-corrected chi connectivity index (χ0v) is 31.9. The van der Waals surface area contributed by atoms with E-state index >= 15 is 0 Å². The van der Waals surface area contributed by atoms with Crippen molar-refractivity contribution in [2.24, 2.45) is 4.99 Å². The summed E-state index contributed by atoms with van der Waals surface area (Å²) >= 11 is 0. The molecular weight excluding hydrogens is 677 g/mol. The number of aliphatic imine (C=N–C) groups is 1. The van der Waals surface area contributed by atoms with E-state index in [1.165, 1.54) is 39.0 Å². The van der Waals surface area contributed by atoms with Crippen LogP contribution in [-0.4, -0.2) is 5.71 Å². The van der Waals surface area contributed by atoms with Crippen LogP contribution in [0.5, 0.6) is 0 Å². The predicted molar refractivity (Wildman–Crippen MR) is 240 cm³/mol. The van der Waals surface area contributed by atoms with Gasteiger partial charge in [0.1, 0.15) is 0 Å². The van der Waals surface area contributed by atoms with Crippen molar-refractivity contribution in [3.8, 4) is 33.4 Å². The molecule has 0 unspecified atom stereocenters. The van der Waals surface area contributed by atoms with Gasteiger partial charge in [-0.15, -0.1) is 0 Å². The molecule has 0 saturated heterocycles. The molecule has 0 radical (unpaired) electrons. The molecule has 6 aromatic rings. The normalized spacial score (nSPS) is 19.9. The van der Waals surface area contributed by atoms with Gasteiger partial charge < -0.3 is 4.90 Å². The van der Waals surface area contributed by atoms with Gasteiger partial charge in [-0.2, -0.15) is 0 Å². The van der Waals surface area contributed by atoms with Gasteiger partial charge in [0.2, 0.25) is 0 Å². The Labute approximate surface area is 332 Å². The van der Waals surface area contributed by atoms with Gasteiger partial charge in [0, 0.05) is 28.8 Å². The molecule has 0 aromatic heterocycles. The maximum Gasteiger partial charge on any atom is 0.0773 e. The third-order valence-electron chi connectivity index (χ3n) is 10.5. The fourth-order valence-electron chi connectivity index (χ4n) is 7.51. The molecule has 56 heavy (non-hydrogen) atoms. The lowest BCUT2D eigenvalue weighted by atomic mass is 9.89. The smallest absolute Gasteiger partial charge is 0.0773 e. The monoisotopic (exact) mass is 722 g/mol. The van der Waals surface area contributed by atoms with Crippen molar-refractivity contribution in [2.45, 2.75) is 32.6 Å². The Hall–Kier alpha value is -6.77. The van der Waals surface area contributed by atoms with E-state index in [1.54, 1.807) is 0 Å². The zero-order chi connectivity index (χ0) is 37.9. The molecule has 2 nitrogen and oxygen atoms in total. The maximum atomic E-state index is 5.14. The van der Waals surface area contributed by atoms with Crippen molar-refractivity contribution >= 4 is 22.8 Å². The molecule has 0 fully saturated rings. The molecule has 272 valence electrons. The minimum absolute atomic E-state index is 1.01. The van der Waals surface area contributed by atoms with Gasteiger partial charge in [0.25, 0.3) is 0 Å². The summed E-state index contributed by atoms with van der Waals surface area (Å²) < 4.78 is 0. The van der Waals surface area contributed by atoms with E-state index < -0.39 is 0 Å². The van der Waals surface area contributed by atoms with Crippen LogP contribution in [0, 0.1) is 0 Å². The van der Waals surface area contributed by atoms with Gasteiger partial charge in [-0.1, -0.05) is 169 Å². The summed E-state index contributed by atoms with van der Waals surface area (Å²) in [5.74, 6) is 0. The van der Waals surface area contributed by atoms with E-state index in [2.05, 4.69) is 212 Å². The fourth-order valence-corrected chi connectivity index (χ4v) is 7.51. The fraction of sp³-hybridized carbons (Fsp3) is 0.0926. The molecular formula is C54H46N2. The number of hydrogen-bond acceptors (Lipinski definition) is 2. The minimum Gasteiger partial charge on any atom is -0.310 e. The van der Waals surface area contributed by atoms with Crippen molar-refractivity contribution in [1.82, 2.24) is 0 Å². The molecule has 0 saturated carbocycles. The van der Waals surface area contributed by atoms with Gasteiger partial charge in [0.05, 0.1) is 5.71 Å². The van der Waals surface area contributed by atoms with Crippen LogP contribution in [0.15, 0.2) is 234 Å². The number of benzene rings is 6. The van der Waals surface area contributed by atoms with Crippen LogP contribution in [0.3, 0.4) is 0 Å². The Balaban J connectivity index is 1.19. The van der Waals surface area contributed by atoms with Crippen LogP contribution in [0.4, 0.5) is 17.1 Å². The molecule has 1 heterocycles. The number of allylic oxidation sites excluding steroid dienone is 11. The Morgan fingerprint density at radius 3 is 1.71 bits per heavy atom. The van der Waals surface area contributed by atoms with Crippen molar-refractivity contribution in [1.29, 1.82) is 0 Å². The van der Waals surface area contributed by atoms with E-state index in [0.717, 1.165) is 65.1 Å². The first-order valence-corrected chi connectivity index (χ1v) is 19.6. The van der Waals surface area contributed by atoms with Gasteiger partial charge in [-0.25, -0.2) is 0 Å². The van der Waals surface area contributed by atoms with Crippen LogP contribution in [-0.2, 0) is 0 Å². The zero-order valence-electron chi connectivity index (χ0n) is 31.9. The van der Waals surface area contributed by atoms with Crippen molar-refractivity contribution in [3.63, 3.8) is 0 Å². The highest BCUT2D eigenvalue weighted by molar-refractivity contribution is 6.15. The lowest BCUT2D eigenvalue weighted by Gasteiger charge is -2.26. The quantitative estimate of drug-likeness (QED) is 0.160. The van der Waals surface area contributed by atoms with Gasteiger partial charge in [-0.05, 0) is 120 Å². The van der Waals surface area contributed by atoms with E-state index in [4.69, 9.17) is 4.99 Å². The predicted octanol–water partition coefficient (Wildman–Crippen LogP) is 15.0. The molecule has 1 aliphatic carbocycles. The summed E-state index contributed by atoms with van der Waals surface area (Å²) in [4.78, 5) is 7.50. The van der Waals surface area contributed by atoms with Crippen LogP contribution < -0.4 is 4.90 Å². The van der Waals surface area contributed by atoms with Crippen LogP contribution in [0.25, 0.3) is 33.4 Å². The highest BCUT2D eigenvalue weighted by Gasteiger charge is 2.17. The third-order valence-corrected chi connectivity index (χ3v) is 10.5. The second kappa shape index (κ2) is 17.6. The first-order chi connectivity index (χ1) is 27.7. The summed E-state index contributed by atoms with van der Waals surface area (Å²) in [5.41, 5.74) is 16.6. The molecule has 8 rings (SSSR count). The standard InChI is InChI=1S/C54H46N2/c1-41-17-7-6-14-38-55-54(53-27-13-3-2-8-22-46(53)29-28-41)49-25-15-23-47(39-49)48-24-16-26-52(40-48)56(50-34-30-44(31-35-50)42-18-9-4-10-19-42)51-36-32-45(33-37-51)43-20-11-5-12-21-43/h2-7,9-21,23-27,30-40H,8,22,28-29H2,1H3/b3-2+,7-6-,27-13-,38-14+,41-17+,53-46-,55-54+. The molecule has 0 spiro atoms.